The number of aliphatic hydroxyl groups is 1. The number of esters is 3. The number of carbonyl (C=O) groups excluding carboxylic acids is 4. The molecule has 0 radical (unpaired) electrons. The zero-order valence-corrected chi connectivity index (χ0v) is 38.9. The van der Waals surface area contributed by atoms with Crippen molar-refractivity contribution in [1.82, 2.24) is 5.32 Å². The highest BCUT2D eigenvalue weighted by atomic mass is 16.9. The Kier molecular flexibility index (Phi) is 29.5. The second-order valence-electron chi connectivity index (χ2n) is 17.3. The Morgan fingerprint density at radius 2 is 1.13 bits per heavy atom. The molecule has 2 fully saturated rings. The minimum absolute atomic E-state index is 0.183. The van der Waals surface area contributed by atoms with Gasteiger partial charge in [0.1, 0.15) is 12.7 Å². The van der Waals surface area contributed by atoms with Gasteiger partial charge in [-0.3, -0.25) is 23.9 Å². The van der Waals surface area contributed by atoms with Crippen molar-refractivity contribution in [3.8, 4) is 0 Å². The van der Waals surface area contributed by atoms with Crippen molar-refractivity contribution < 1.29 is 57.4 Å². The first kappa shape index (κ1) is 54.6. The fourth-order valence-electron chi connectivity index (χ4n) is 7.99. The van der Waals surface area contributed by atoms with Crippen molar-refractivity contribution in [2.24, 2.45) is 0 Å². The number of allylic oxidation sites excluding steroid dienone is 1. The quantitative estimate of drug-likeness (QED) is 0.0265. The number of unbranched alkanes of at least 4 members (excludes halogenated alkanes) is 23. The zero-order chi connectivity index (χ0) is 44.7. The number of fused-ring (bicyclic) bond motifs is 1. The highest BCUT2D eigenvalue weighted by Gasteiger charge is 2.59. The van der Waals surface area contributed by atoms with Gasteiger partial charge in [-0.25, -0.2) is 0 Å². The average molecular weight is 868 g/mol. The van der Waals surface area contributed by atoms with Crippen LogP contribution in [0.2, 0.25) is 0 Å². The molecule has 13 heteroatoms. The van der Waals surface area contributed by atoms with E-state index < -0.39 is 66.7 Å². The second kappa shape index (κ2) is 33.0. The summed E-state index contributed by atoms with van der Waals surface area (Å²) in [4.78, 5) is 49.2. The summed E-state index contributed by atoms with van der Waals surface area (Å²) < 4.78 is 40.6. The predicted octanol–water partition coefficient (Wildman–Crippen LogP) is 9.83. The summed E-state index contributed by atoms with van der Waals surface area (Å²) in [7, 11) is 0. The third-order valence-electron chi connectivity index (χ3n) is 11.4. The van der Waals surface area contributed by atoms with Crippen molar-refractivity contribution in [3.05, 3.63) is 12.2 Å². The number of aliphatic hydroxyl groups excluding tert-OH is 1. The van der Waals surface area contributed by atoms with Crippen LogP contribution in [-0.2, 0) is 52.3 Å². The first-order valence-electron chi connectivity index (χ1n) is 24.2. The van der Waals surface area contributed by atoms with E-state index in [9.17, 15) is 24.3 Å². The summed E-state index contributed by atoms with van der Waals surface area (Å²) in [5.74, 6) is -3.87. The largest absolute Gasteiger partial charge is 0.463 e. The van der Waals surface area contributed by atoms with Crippen LogP contribution < -0.4 is 5.32 Å². The Labute approximate surface area is 368 Å². The maximum absolute atomic E-state index is 13.2. The molecule has 0 saturated carbocycles. The molecule has 2 saturated heterocycles. The standard InChI is InChI=1S/C48H85NO12/c1-7-9-11-13-15-17-19-21-23-25-27-29-31-33-41(53)40(49-43(54)34-32-30-28-26-24-22-20-18-16-14-12-10-8-2)35-56-48(6)60-46-45(58-39(5)52)44(57-38(4)51)42(36-55-37(3)50)59-47(46)61-48/h31,33,40-42,44-47,53H,7-30,32,34-36H2,1-6H3,(H,49,54)/b33-31+/t40-,41+,42?,44-,45?,46?,47+,48?/m0/s1. The summed E-state index contributed by atoms with van der Waals surface area (Å²) in [6, 6.07) is -0.828. The Bertz CT molecular complexity index is 1230. The summed E-state index contributed by atoms with van der Waals surface area (Å²) in [5, 5.41) is 14.3. The van der Waals surface area contributed by atoms with Crippen molar-refractivity contribution in [3.63, 3.8) is 0 Å². The van der Waals surface area contributed by atoms with Gasteiger partial charge in [0.25, 0.3) is 5.97 Å². The molecule has 0 aromatic heterocycles. The number of hydrogen-bond acceptors (Lipinski definition) is 12. The number of nitrogens with one attached hydrogen (secondary N) is 1. The lowest BCUT2D eigenvalue weighted by molar-refractivity contribution is -0.346. The minimum atomic E-state index is -1.78. The summed E-state index contributed by atoms with van der Waals surface area (Å²) in [6.45, 7) is 9.14. The van der Waals surface area contributed by atoms with Crippen molar-refractivity contribution in [2.75, 3.05) is 13.2 Å². The molecule has 4 unspecified atom stereocenters. The molecule has 2 aliphatic heterocycles. The van der Waals surface area contributed by atoms with Gasteiger partial charge in [-0.15, -0.1) is 0 Å². The molecule has 0 aromatic carbocycles. The Morgan fingerprint density at radius 1 is 0.656 bits per heavy atom. The molecule has 0 aliphatic carbocycles. The molecule has 0 aromatic rings. The molecule has 2 aliphatic rings. The maximum Gasteiger partial charge on any atom is 0.303 e. The number of ether oxygens (including phenoxy) is 7. The Balaban J connectivity index is 1.97. The van der Waals surface area contributed by atoms with E-state index in [1.807, 2.05) is 6.08 Å². The SMILES string of the molecule is CCCCCCCCCCCCC/C=C/[C@@H](O)[C@H](COC1(C)OC2C(OC(C)=O)[C@@H](OC(C)=O)C(COC(C)=O)O[C@@H]2O1)NC(=O)CCCCCCCCCCCCCCC. The monoisotopic (exact) mass is 868 g/mol. The van der Waals surface area contributed by atoms with E-state index >= 15 is 0 Å². The molecule has 354 valence electrons. The molecule has 8 atom stereocenters. The normalized spacial score (nSPS) is 23.4. The van der Waals surface area contributed by atoms with Crippen molar-refractivity contribution in [1.29, 1.82) is 0 Å². The number of amides is 1. The van der Waals surface area contributed by atoms with E-state index in [1.54, 1.807) is 6.08 Å². The number of carbonyl (C=O) groups is 4. The van der Waals surface area contributed by atoms with Crippen LogP contribution in [-0.4, -0.2) is 91.0 Å². The molecule has 0 spiro atoms. The first-order valence-corrected chi connectivity index (χ1v) is 24.2. The van der Waals surface area contributed by atoms with E-state index in [0.717, 1.165) is 38.5 Å². The fraction of sp³-hybridized carbons (Fsp3) is 0.875. The van der Waals surface area contributed by atoms with E-state index in [4.69, 9.17) is 33.2 Å². The van der Waals surface area contributed by atoms with Gasteiger partial charge in [-0.1, -0.05) is 167 Å². The van der Waals surface area contributed by atoms with Gasteiger partial charge in [-0.05, 0) is 19.3 Å². The molecular formula is C48H85NO12. The van der Waals surface area contributed by atoms with Crippen molar-refractivity contribution >= 4 is 23.8 Å². The second-order valence-corrected chi connectivity index (χ2v) is 17.3. The third kappa shape index (κ3) is 24.7. The van der Waals surface area contributed by atoms with Gasteiger partial charge in [0.05, 0.1) is 18.8 Å². The third-order valence-corrected chi connectivity index (χ3v) is 11.4. The fourth-order valence-corrected chi connectivity index (χ4v) is 7.99. The minimum Gasteiger partial charge on any atom is -0.463 e. The van der Waals surface area contributed by atoms with E-state index in [-0.39, 0.29) is 19.1 Å². The van der Waals surface area contributed by atoms with Gasteiger partial charge in [0.2, 0.25) is 5.91 Å². The molecule has 2 heterocycles. The van der Waals surface area contributed by atoms with Crippen LogP contribution in [0.15, 0.2) is 12.2 Å². The van der Waals surface area contributed by atoms with Crippen LogP contribution in [0.4, 0.5) is 0 Å². The number of rotatable bonds is 36. The molecule has 0 bridgehead atoms. The van der Waals surface area contributed by atoms with Crippen LogP contribution in [0, 0.1) is 0 Å². The van der Waals surface area contributed by atoms with Gasteiger partial charge in [0, 0.05) is 34.1 Å². The molecule has 13 nitrogen and oxygen atoms in total. The topological polar surface area (TPSA) is 165 Å². The van der Waals surface area contributed by atoms with Gasteiger partial charge < -0.3 is 38.8 Å². The molecule has 2 rings (SSSR count). The highest BCUT2D eigenvalue weighted by molar-refractivity contribution is 5.76. The molecule has 61 heavy (non-hydrogen) atoms. The van der Waals surface area contributed by atoms with Crippen LogP contribution in [0.5, 0.6) is 0 Å². The van der Waals surface area contributed by atoms with Crippen LogP contribution in [0.3, 0.4) is 0 Å². The van der Waals surface area contributed by atoms with E-state index in [1.165, 1.54) is 150 Å². The van der Waals surface area contributed by atoms with Gasteiger partial charge in [0.15, 0.2) is 24.6 Å². The van der Waals surface area contributed by atoms with Gasteiger partial charge in [-0.2, -0.15) is 0 Å². The smallest absolute Gasteiger partial charge is 0.303 e. The van der Waals surface area contributed by atoms with Crippen LogP contribution in [0.1, 0.15) is 208 Å². The van der Waals surface area contributed by atoms with Crippen LogP contribution >= 0.6 is 0 Å². The average Bonchev–Trinajstić information content (AvgIpc) is 3.55. The summed E-state index contributed by atoms with van der Waals surface area (Å²) in [5.41, 5.74) is 0. The van der Waals surface area contributed by atoms with Crippen molar-refractivity contribution in [2.45, 2.75) is 257 Å². The predicted molar refractivity (Wildman–Crippen MR) is 235 cm³/mol. The molecular weight excluding hydrogens is 783 g/mol. The lowest BCUT2D eigenvalue weighted by Crippen LogP contribution is -2.60. The van der Waals surface area contributed by atoms with Gasteiger partial charge >= 0.3 is 17.9 Å². The first-order chi connectivity index (χ1) is 29.4. The molecule has 2 N–H and O–H groups in total. The Morgan fingerprint density at radius 3 is 1.62 bits per heavy atom. The molecule has 1 amide bonds. The highest BCUT2D eigenvalue weighted by Crippen LogP contribution is 2.40. The maximum atomic E-state index is 13.2. The zero-order valence-electron chi connectivity index (χ0n) is 38.9. The van der Waals surface area contributed by atoms with Crippen LogP contribution in [0.25, 0.3) is 0 Å². The lowest BCUT2D eigenvalue weighted by atomic mass is 9.98. The number of hydrogen-bond donors (Lipinski definition) is 2. The Hall–Kier alpha value is -2.58. The van der Waals surface area contributed by atoms with E-state index in [2.05, 4.69) is 19.2 Å². The summed E-state index contributed by atoms with van der Waals surface area (Å²) in [6.07, 6.45) is 27.7. The van der Waals surface area contributed by atoms with E-state index in [0.29, 0.717) is 6.42 Å². The summed E-state index contributed by atoms with van der Waals surface area (Å²) >= 11 is 0. The lowest BCUT2D eigenvalue weighted by Gasteiger charge is -2.40.